The van der Waals surface area contributed by atoms with Crippen molar-refractivity contribution < 1.29 is 88.0 Å². The predicted molar refractivity (Wildman–Crippen MR) is 331 cm³/mol. The minimum atomic E-state index is -4.95. The van der Waals surface area contributed by atoms with E-state index in [1.165, 1.54) is 56.4 Å². The van der Waals surface area contributed by atoms with Gasteiger partial charge in [0.25, 0.3) is 0 Å². The third-order valence-corrected chi connectivity index (χ3v) is 13.6. The first-order chi connectivity index (χ1) is 40.1. The first-order valence-corrected chi connectivity index (χ1v) is 30.1. The van der Waals surface area contributed by atoms with Crippen molar-refractivity contribution in [3.8, 4) is 0 Å². The Labute approximate surface area is 503 Å². The van der Waals surface area contributed by atoms with E-state index in [1.54, 1.807) is 92.0 Å². The maximum Gasteiger partial charge on any atom is 0.397 e. The van der Waals surface area contributed by atoms with Gasteiger partial charge in [0, 0.05) is 55.6 Å². The molecule has 0 saturated carbocycles. The van der Waals surface area contributed by atoms with Gasteiger partial charge in [0.1, 0.15) is 5.78 Å². The van der Waals surface area contributed by atoms with Crippen LogP contribution in [0.5, 0.6) is 0 Å². The molecule has 0 heterocycles. The highest BCUT2D eigenvalue weighted by molar-refractivity contribution is 7.80. The summed E-state index contributed by atoms with van der Waals surface area (Å²) in [6.45, 7) is 6.93. The summed E-state index contributed by atoms with van der Waals surface area (Å²) >= 11 is 0. The van der Waals surface area contributed by atoms with E-state index in [9.17, 15) is 78.7 Å². The van der Waals surface area contributed by atoms with Crippen molar-refractivity contribution in [2.45, 2.75) is 191 Å². The zero-order valence-corrected chi connectivity index (χ0v) is 50.4. The fourth-order valence-corrected chi connectivity index (χ4v) is 8.63. The fraction of sp³-hybridized carbons (Fsp3) is 0.540. The van der Waals surface area contributed by atoms with E-state index in [1.807, 2.05) is 31.2 Å². The molecule has 0 rings (SSSR count). The Morgan fingerprint density at radius 1 is 0.529 bits per heavy atom. The van der Waals surface area contributed by atoms with Gasteiger partial charge in [0.2, 0.25) is 0 Å². The minimum Gasteiger partial charge on any atom is -0.478 e. The number of carboxylic acids is 1. The molecule has 480 valence electrons. The van der Waals surface area contributed by atoms with E-state index in [0.29, 0.717) is 19.4 Å². The predicted octanol–water partition coefficient (Wildman–Crippen LogP) is 5.06. The normalized spacial score (nSPS) is 18.9. The van der Waals surface area contributed by atoms with Crippen LogP contribution in [0.1, 0.15) is 118 Å². The van der Waals surface area contributed by atoms with Crippen LogP contribution in [0.25, 0.3) is 0 Å². The van der Waals surface area contributed by atoms with Crippen molar-refractivity contribution in [3.05, 3.63) is 157 Å². The summed E-state index contributed by atoms with van der Waals surface area (Å²) in [7, 11) is -4.95. The fourth-order valence-electron chi connectivity index (χ4n) is 8.07. The van der Waals surface area contributed by atoms with Gasteiger partial charge in [0.15, 0.2) is 5.96 Å². The number of carbonyl (C=O) groups excluding carboxylic acids is 1. The van der Waals surface area contributed by atoms with Crippen molar-refractivity contribution in [1.82, 2.24) is 0 Å². The van der Waals surface area contributed by atoms with E-state index >= 15 is 0 Å². The van der Waals surface area contributed by atoms with Crippen LogP contribution in [-0.4, -0.2) is 172 Å². The summed E-state index contributed by atoms with van der Waals surface area (Å²) < 4.78 is 37.4. The summed E-state index contributed by atoms with van der Waals surface area (Å²) in [6.07, 6.45) is 30.9. The van der Waals surface area contributed by atoms with Gasteiger partial charge in [-0.25, -0.2) is 8.98 Å². The van der Waals surface area contributed by atoms with Gasteiger partial charge in [0.05, 0.1) is 73.2 Å². The van der Waals surface area contributed by atoms with E-state index in [2.05, 4.69) is 4.99 Å². The van der Waals surface area contributed by atoms with E-state index in [4.69, 9.17) is 20.8 Å². The molecule has 0 radical (unpaired) electrons. The first kappa shape index (κ1) is 79.5. The molecule has 85 heavy (non-hydrogen) atoms. The summed E-state index contributed by atoms with van der Waals surface area (Å²) in [6, 6.07) is 0. The monoisotopic (exact) mass is 1220 g/mol. The van der Waals surface area contributed by atoms with Crippen molar-refractivity contribution in [2.75, 3.05) is 6.54 Å². The molecule has 22 heteroatoms. The Morgan fingerprint density at radius 3 is 1.52 bits per heavy atom. The van der Waals surface area contributed by atoms with Gasteiger partial charge in [-0.15, -0.1) is 0 Å². The average Bonchev–Trinajstić information content (AvgIpc) is 3.53. The second-order valence-corrected chi connectivity index (χ2v) is 22.1. The maximum absolute atomic E-state index is 13.1. The number of rotatable bonds is 47. The van der Waals surface area contributed by atoms with Crippen LogP contribution in [0, 0.1) is 17.8 Å². The standard InChI is InChI=1S/C63H99N3O18S/c1-45(27-19-15-11-10-12-16-20-28-46(2)62(79)80)61(78)48(4)58(76)36-21-17-13-8-6-5-7-9-14-18-22-37-60(84-85(81,82)83)47(3)59(77)44-57(75)43-54(72)34-25-30-50(68)39-49(67)29-23-32-52(70)41-56(74)42-53(71)33-24-31-51(69)40-55(73)35-26-38-66-63(64)65/h5-10,12-14,16-25,27-29,33-34,36,45,47-58,60-61,67-76,78H,11,15,26,30-32,35,37-44H2,1-4H3,(H,79,80)(H4,64,65,66)(H,81,82,83). The Kier molecular flexibility index (Phi) is 44.5. The van der Waals surface area contributed by atoms with Crippen LogP contribution in [0.15, 0.2) is 162 Å². The number of carbonyl (C=O) groups is 2. The summed E-state index contributed by atoms with van der Waals surface area (Å²) in [5.74, 6) is -3.28. The zero-order chi connectivity index (χ0) is 64.2. The number of hydrogen-bond acceptors (Lipinski definition) is 17. The highest BCUT2D eigenvalue weighted by atomic mass is 32.3. The van der Waals surface area contributed by atoms with Gasteiger partial charge in [-0.2, -0.15) is 8.42 Å². The highest BCUT2D eigenvalue weighted by Gasteiger charge is 2.30. The number of aliphatic hydroxyl groups is 11. The molecule has 0 aromatic heterocycles. The Bertz CT molecular complexity index is 2400. The second-order valence-electron chi connectivity index (χ2n) is 21.0. The lowest BCUT2D eigenvalue weighted by molar-refractivity contribution is -0.132. The Morgan fingerprint density at radius 2 is 0.988 bits per heavy atom. The number of guanidine groups is 1. The smallest absolute Gasteiger partial charge is 0.397 e. The van der Waals surface area contributed by atoms with Crippen LogP contribution in [-0.2, 0) is 24.2 Å². The molecule has 0 aliphatic carbocycles. The molecule has 17 N–H and O–H groups in total. The van der Waals surface area contributed by atoms with Crippen molar-refractivity contribution in [2.24, 2.45) is 34.2 Å². The number of nitrogens with zero attached hydrogens (tertiary/aromatic N) is 1. The number of allylic oxidation sites excluding steroid dienone is 16. The number of hydrogen-bond donors (Lipinski definition) is 15. The van der Waals surface area contributed by atoms with Gasteiger partial charge in [-0.3, -0.25) is 14.3 Å². The second kappa shape index (κ2) is 47.6. The quantitative estimate of drug-likeness (QED) is 0.00720. The zero-order valence-electron chi connectivity index (χ0n) is 49.6. The molecule has 0 bridgehead atoms. The molecule has 0 amide bonds. The number of Topliss-reactive ketones (excluding diaryl/α,β-unsaturated/α-hetero) is 1. The minimum absolute atomic E-state index is 0.0200. The van der Waals surface area contributed by atoms with Crippen molar-refractivity contribution in [1.29, 1.82) is 0 Å². The topological polar surface area (TPSA) is 405 Å². The van der Waals surface area contributed by atoms with Crippen LogP contribution in [0.3, 0.4) is 0 Å². The summed E-state index contributed by atoms with van der Waals surface area (Å²) in [5.41, 5.74) is 10.8. The Hall–Kier alpha value is -5.54. The number of unbranched alkanes of at least 4 members (excludes halogenated alkanes) is 1. The molecular weight excluding hydrogens is 1120 g/mol. The molecule has 0 aromatic rings. The molecule has 15 unspecified atom stereocenters. The molecule has 21 nitrogen and oxygen atoms in total. The summed E-state index contributed by atoms with van der Waals surface area (Å²) in [4.78, 5) is 27.7. The molecule has 0 aliphatic heterocycles. The van der Waals surface area contributed by atoms with Crippen molar-refractivity contribution >= 4 is 28.1 Å². The number of carboxylic acid groups (broad SMARTS) is 1. The largest absolute Gasteiger partial charge is 0.478 e. The van der Waals surface area contributed by atoms with E-state index < -0.39 is 114 Å². The van der Waals surface area contributed by atoms with Gasteiger partial charge in [-0.05, 0) is 71.1 Å². The van der Waals surface area contributed by atoms with Gasteiger partial charge in [-0.1, -0.05) is 173 Å². The number of ketones is 1. The number of aliphatic hydroxyl groups excluding tert-OH is 11. The lowest BCUT2D eigenvalue weighted by Gasteiger charge is -2.25. The molecule has 0 saturated heterocycles. The summed E-state index contributed by atoms with van der Waals surface area (Å²) in [5, 5.41) is 123. The van der Waals surface area contributed by atoms with E-state index in [-0.39, 0.29) is 75.2 Å². The Balaban J connectivity index is 4.79. The SMILES string of the molecule is CC(=CC=CC=CCCC=CC(C)C(O)C(C)C(O)C=CC=CC=CC=CC=CC=CCC(OS(=O)(=O)O)C(C)C(=O)CC(O)CC(O)C=CCC(O)CC(O)C=CCC(O)CC(O)CC(O)C=CCC(O)CC(O)CCCN=C(N)N)C(=O)O. The molecule has 0 fully saturated rings. The van der Waals surface area contributed by atoms with Crippen molar-refractivity contribution in [3.63, 3.8) is 0 Å². The molecule has 0 spiro atoms. The molecule has 0 aliphatic rings. The number of aliphatic carboxylic acids is 1. The number of aliphatic imine (C=N–C) groups is 1. The van der Waals surface area contributed by atoms with Crippen LogP contribution >= 0.6 is 0 Å². The lowest BCUT2D eigenvalue weighted by Crippen LogP contribution is -2.32. The van der Waals surface area contributed by atoms with Crippen LogP contribution < -0.4 is 11.5 Å². The third-order valence-electron chi connectivity index (χ3n) is 13.1. The molecule has 15 atom stereocenters. The van der Waals surface area contributed by atoms with Crippen LogP contribution in [0.2, 0.25) is 0 Å². The van der Waals surface area contributed by atoms with Crippen LogP contribution in [0.4, 0.5) is 0 Å². The van der Waals surface area contributed by atoms with Gasteiger partial charge >= 0.3 is 16.4 Å². The highest BCUT2D eigenvalue weighted by Crippen LogP contribution is 2.21. The first-order valence-electron chi connectivity index (χ1n) is 28.7. The molecule has 0 aromatic carbocycles. The third kappa shape index (κ3) is 45.4. The lowest BCUT2D eigenvalue weighted by atomic mass is 9.88. The molecular formula is C63H99N3O18S. The van der Waals surface area contributed by atoms with Gasteiger partial charge < -0.3 is 72.7 Å². The van der Waals surface area contributed by atoms with E-state index in [0.717, 1.165) is 12.8 Å². The maximum atomic E-state index is 13.1. The average molecular weight is 1220 g/mol. The number of nitrogens with two attached hydrogens (primary N) is 2.